The molecule has 0 bridgehead atoms. The van der Waals surface area contributed by atoms with Crippen molar-refractivity contribution in [3.05, 3.63) is 60.2 Å². The number of hydrogen-bond acceptors (Lipinski definition) is 3. The maximum absolute atomic E-state index is 12.2. The Bertz CT molecular complexity index is 678. The molecule has 1 saturated carbocycles. The minimum absolute atomic E-state index is 0.238. The van der Waals surface area contributed by atoms with Gasteiger partial charge in [0, 0.05) is 6.04 Å². The smallest absolute Gasteiger partial charge is 0.339 e. The molecule has 0 spiro atoms. The second-order valence-electron chi connectivity index (χ2n) is 5.33. The van der Waals surface area contributed by atoms with Crippen LogP contribution in [-0.4, -0.2) is 24.5 Å². The van der Waals surface area contributed by atoms with E-state index in [2.05, 4.69) is 5.32 Å². The lowest BCUT2D eigenvalue weighted by Crippen LogP contribution is -2.30. The van der Waals surface area contributed by atoms with Crippen LogP contribution in [0.15, 0.2) is 54.6 Å². The molecule has 1 aliphatic rings. The van der Waals surface area contributed by atoms with Crippen molar-refractivity contribution < 1.29 is 14.3 Å². The molecule has 2 aromatic rings. The second-order valence-corrected chi connectivity index (χ2v) is 5.33. The van der Waals surface area contributed by atoms with Crippen LogP contribution in [0.1, 0.15) is 23.2 Å². The third-order valence-electron chi connectivity index (χ3n) is 3.51. The lowest BCUT2D eigenvalue weighted by atomic mass is 10.00. The Balaban J connectivity index is 1.71. The number of amides is 1. The zero-order valence-electron chi connectivity index (χ0n) is 12.1. The Morgan fingerprint density at radius 3 is 2.41 bits per heavy atom. The van der Waals surface area contributed by atoms with Gasteiger partial charge < -0.3 is 10.1 Å². The Hall–Kier alpha value is -2.62. The molecule has 3 rings (SSSR count). The normalized spacial score (nSPS) is 13.5. The lowest BCUT2D eigenvalue weighted by Gasteiger charge is -2.10. The predicted molar refractivity (Wildman–Crippen MR) is 83.3 cm³/mol. The topological polar surface area (TPSA) is 55.4 Å². The van der Waals surface area contributed by atoms with E-state index < -0.39 is 5.97 Å². The zero-order valence-corrected chi connectivity index (χ0v) is 12.1. The van der Waals surface area contributed by atoms with Gasteiger partial charge in [0.15, 0.2) is 6.61 Å². The first kappa shape index (κ1) is 14.3. The van der Waals surface area contributed by atoms with Crippen LogP contribution in [0.2, 0.25) is 0 Å². The van der Waals surface area contributed by atoms with E-state index in [1.807, 2.05) is 42.5 Å². The number of nitrogens with one attached hydrogen (secondary N) is 1. The highest BCUT2D eigenvalue weighted by Gasteiger charge is 2.24. The van der Waals surface area contributed by atoms with Gasteiger partial charge in [-0.05, 0) is 30.0 Å². The van der Waals surface area contributed by atoms with Gasteiger partial charge in [0.05, 0.1) is 5.56 Å². The molecule has 0 saturated heterocycles. The molecular weight excluding hydrogens is 278 g/mol. The standard InChI is InChI=1S/C18H17NO3/c20-17(19-14-10-11-14)12-22-18(21)16-9-5-4-8-15(16)13-6-2-1-3-7-13/h1-9,14H,10-12H2,(H,19,20). The van der Waals surface area contributed by atoms with Crippen LogP contribution < -0.4 is 5.32 Å². The molecule has 0 radical (unpaired) electrons. The summed E-state index contributed by atoms with van der Waals surface area (Å²) in [6, 6.07) is 17.1. The Morgan fingerprint density at radius 2 is 1.68 bits per heavy atom. The minimum atomic E-state index is -0.481. The molecule has 0 atom stereocenters. The molecule has 1 amide bonds. The zero-order chi connectivity index (χ0) is 15.4. The van der Waals surface area contributed by atoms with E-state index in [0.29, 0.717) is 5.56 Å². The van der Waals surface area contributed by atoms with Crippen molar-refractivity contribution in [3.63, 3.8) is 0 Å². The van der Waals surface area contributed by atoms with Gasteiger partial charge in [-0.15, -0.1) is 0 Å². The number of benzene rings is 2. The van der Waals surface area contributed by atoms with Crippen molar-refractivity contribution >= 4 is 11.9 Å². The van der Waals surface area contributed by atoms with Crippen molar-refractivity contribution in [2.45, 2.75) is 18.9 Å². The Morgan fingerprint density at radius 1 is 1.00 bits per heavy atom. The molecule has 0 unspecified atom stereocenters. The molecule has 22 heavy (non-hydrogen) atoms. The first-order valence-electron chi connectivity index (χ1n) is 7.35. The molecule has 0 aromatic heterocycles. The summed E-state index contributed by atoms with van der Waals surface area (Å²) in [5, 5.41) is 2.79. The summed E-state index contributed by atoms with van der Waals surface area (Å²) in [4.78, 5) is 23.8. The number of rotatable bonds is 5. The van der Waals surface area contributed by atoms with Gasteiger partial charge >= 0.3 is 5.97 Å². The van der Waals surface area contributed by atoms with Crippen LogP contribution in [0.4, 0.5) is 0 Å². The van der Waals surface area contributed by atoms with Crippen molar-refractivity contribution in [1.29, 1.82) is 0 Å². The summed E-state index contributed by atoms with van der Waals surface area (Å²) in [5.74, 6) is -0.724. The van der Waals surface area contributed by atoms with Crippen LogP contribution in [0.5, 0.6) is 0 Å². The van der Waals surface area contributed by atoms with Gasteiger partial charge in [-0.3, -0.25) is 4.79 Å². The highest BCUT2D eigenvalue weighted by Crippen LogP contribution is 2.24. The van der Waals surface area contributed by atoms with Crippen molar-refractivity contribution in [1.82, 2.24) is 5.32 Å². The molecule has 1 N–H and O–H groups in total. The van der Waals surface area contributed by atoms with Crippen LogP contribution >= 0.6 is 0 Å². The fourth-order valence-electron chi connectivity index (χ4n) is 2.24. The first-order chi connectivity index (χ1) is 10.7. The second kappa shape index (κ2) is 6.43. The predicted octanol–water partition coefficient (Wildman–Crippen LogP) is 2.79. The van der Waals surface area contributed by atoms with E-state index in [4.69, 9.17) is 4.74 Å². The van der Waals surface area contributed by atoms with Gasteiger partial charge in [0.2, 0.25) is 0 Å². The summed E-state index contributed by atoms with van der Waals surface area (Å²) in [6.07, 6.45) is 2.02. The van der Waals surface area contributed by atoms with Gasteiger partial charge in [-0.25, -0.2) is 4.79 Å². The lowest BCUT2D eigenvalue weighted by molar-refractivity contribution is -0.124. The van der Waals surface area contributed by atoms with E-state index in [-0.39, 0.29) is 18.6 Å². The number of esters is 1. The highest BCUT2D eigenvalue weighted by molar-refractivity contribution is 5.98. The molecule has 0 heterocycles. The Kier molecular flexibility index (Phi) is 4.19. The van der Waals surface area contributed by atoms with Crippen LogP contribution in [0.25, 0.3) is 11.1 Å². The van der Waals surface area contributed by atoms with Gasteiger partial charge in [-0.1, -0.05) is 48.5 Å². The van der Waals surface area contributed by atoms with Crippen molar-refractivity contribution in [2.75, 3.05) is 6.61 Å². The van der Waals surface area contributed by atoms with Gasteiger partial charge in [-0.2, -0.15) is 0 Å². The summed E-state index contributed by atoms with van der Waals surface area (Å²) < 4.78 is 5.13. The van der Waals surface area contributed by atoms with E-state index in [0.717, 1.165) is 24.0 Å². The molecule has 4 heteroatoms. The van der Waals surface area contributed by atoms with Crippen molar-refractivity contribution in [2.24, 2.45) is 0 Å². The monoisotopic (exact) mass is 295 g/mol. The maximum Gasteiger partial charge on any atom is 0.339 e. The largest absolute Gasteiger partial charge is 0.452 e. The first-order valence-corrected chi connectivity index (χ1v) is 7.35. The van der Waals surface area contributed by atoms with E-state index in [9.17, 15) is 9.59 Å². The average Bonchev–Trinajstić information content (AvgIpc) is 3.37. The molecule has 0 aliphatic heterocycles. The molecular formula is C18H17NO3. The summed E-state index contributed by atoms with van der Waals surface area (Å²) in [6.45, 7) is -0.238. The maximum atomic E-state index is 12.2. The van der Waals surface area contributed by atoms with Crippen LogP contribution in [-0.2, 0) is 9.53 Å². The molecule has 1 fully saturated rings. The Labute approximate surface area is 129 Å². The number of hydrogen-bond donors (Lipinski definition) is 1. The fourth-order valence-corrected chi connectivity index (χ4v) is 2.24. The van der Waals surface area contributed by atoms with Crippen LogP contribution in [0, 0.1) is 0 Å². The number of carbonyl (C=O) groups excluding carboxylic acids is 2. The molecule has 4 nitrogen and oxygen atoms in total. The minimum Gasteiger partial charge on any atom is -0.452 e. The summed E-state index contributed by atoms with van der Waals surface area (Å²) in [7, 11) is 0. The third-order valence-corrected chi connectivity index (χ3v) is 3.51. The summed E-state index contributed by atoms with van der Waals surface area (Å²) >= 11 is 0. The van der Waals surface area contributed by atoms with Crippen molar-refractivity contribution in [3.8, 4) is 11.1 Å². The molecule has 1 aliphatic carbocycles. The van der Waals surface area contributed by atoms with E-state index >= 15 is 0 Å². The molecule has 112 valence electrons. The average molecular weight is 295 g/mol. The van der Waals surface area contributed by atoms with Crippen LogP contribution in [0.3, 0.4) is 0 Å². The summed E-state index contributed by atoms with van der Waals surface area (Å²) in [5.41, 5.74) is 2.21. The van der Waals surface area contributed by atoms with E-state index in [1.54, 1.807) is 12.1 Å². The third kappa shape index (κ3) is 3.52. The molecule has 2 aromatic carbocycles. The quantitative estimate of drug-likeness (QED) is 0.863. The number of carbonyl (C=O) groups is 2. The number of ether oxygens (including phenoxy) is 1. The van der Waals surface area contributed by atoms with E-state index in [1.165, 1.54) is 0 Å². The highest BCUT2D eigenvalue weighted by atomic mass is 16.5. The van der Waals surface area contributed by atoms with Gasteiger partial charge in [0.1, 0.15) is 0 Å². The SMILES string of the molecule is O=C(COC(=O)c1ccccc1-c1ccccc1)NC1CC1. The van der Waals surface area contributed by atoms with Gasteiger partial charge in [0.25, 0.3) is 5.91 Å². The fraction of sp³-hybridized carbons (Fsp3) is 0.222.